The average Bonchev–Trinajstić information content (AvgIpc) is 3.05. The van der Waals surface area contributed by atoms with Crippen LogP contribution in [0.1, 0.15) is 54.5 Å². The standard InChI is InChI=1S/C24H28NO2P.B/c1-27-24(26)25-18-10-4-9-15-23(25)28-21(19-11-5-2-6-12-19)16-17-22(28)20-13-7-3-8-14-20;/h2-3,5-8,11-15,21-22H,4,9-10,16-18H2,1H3;/t21-,22-;/m0./s1. The molecule has 2 heterocycles. The van der Waals surface area contributed by atoms with Crippen LogP contribution in [0.4, 0.5) is 4.79 Å². The van der Waals surface area contributed by atoms with Crippen molar-refractivity contribution in [3.63, 3.8) is 0 Å². The van der Waals surface area contributed by atoms with E-state index in [0.29, 0.717) is 11.3 Å². The van der Waals surface area contributed by atoms with Gasteiger partial charge in [-0.25, -0.2) is 4.79 Å². The second kappa shape index (κ2) is 10.1. The number of hydrogen-bond acceptors (Lipinski definition) is 2. The Balaban J connectivity index is 0.00000240. The molecule has 0 N–H and O–H groups in total. The molecule has 0 bridgehead atoms. The van der Waals surface area contributed by atoms with E-state index < -0.39 is 7.92 Å². The monoisotopic (exact) mass is 404 g/mol. The van der Waals surface area contributed by atoms with Crippen molar-refractivity contribution in [2.45, 2.75) is 43.4 Å². The number of carbonyl (C=O) groups is 1. The van der Waals surface area contributed by atoms with Gasteiger partial charge in [-0.1, -0.05) is 66.7 Å². The Hall–Kier alpha value is -2.06. The van der Waals surface area contributed by atoms with Gasteiger partial charge in [-0.05, 0) is 51.2 Å². The van der Waals surface area contributed by atoms with E-state index in [1.54, 1.807) is 0 Å². The molecule has 0 aliphatic carbocycles. The molecule has 149 valence electrons. The molecule has 0 spiro atoms. The highest BCUT2D eigenvalue weighted by atomic mass is 31.1. The highest BCUT2D eigenvalue weighted by molar-refractivity contribution is 7.63. The molecule has 2 aliphatic heterocycles. The van der Waals surface area contributed by atoms with Gasteiger partial charge < -0.3 is 4.74 Å². The number of hydrogen-bond donors (Lipinski definition) is 0. The van der Waals surface area contributed by atoms with Gasteiger partial charge in [0.25, 0.3) is 0 Å². The molecule has 3 radical (unpaired) electrons. The SMILES string of the molecule is COC(=O)N1CCCCC=C1P1[C@H](c2ccccc2)CC[C@H]1c1ccccc1.[B]. The number of nitrogens with zero attached hydrogens (tertiary/aromatic N) is 1. The Labute approximate surface area is 177 Å². The van der Waals surface area contributed by atoms with Crippen LogP contribution in [0, 0.1) is 0 Å². The number of amides is 1. The molecule has 1 saturated heterocycles. The fraction of sp³-hybridized carbons (Fsp3) is 0.375. The van der Waals surface area contributed by atoms with Gasteiger partial charge in [0, 0.05) is 31.7 Å². The second-order valence-electron chi connectivity index (χ2n) is 7.52. The van der Waals surface area contributed by atoms with E-state index in [-0.39, 0.29) is 14.5 Å². The van der Waals surface area contributed by atoms with Gasteiger partial charge in [0.1, 0.15) is 0 Å². The van der Waals surface area contributed by atoms with Crippen LogP contribution in [0.2, 0.25) is 0 Å². The minimum Gasteiger partial charge on any atom is -0.452 e. The number of carbonyl (C=O) groups excluding carboxylic acids is 1. The zero-order valence-electron chi connectivity index (χ0n) is 17.0. The predicted molar refractivity (Wildman–Crippen MR) is 121 cm³/mol. The Morgan fingerprint density at radius 3 is 2.00 bits per heavy atom. The fourth-order valence-electron chi connectivity index (χ4n) is 4.55. The average molecular weight is 404 g/mol. The molecule has 2 atom stereocenters. The van der Waals surface area contributed by atoms with Crippen LogP contribution in [0.15, 0.2) is 72.2 Å². The summed E-state index contributed by atoms with van der Waals surface area (Å²) < 4.78 is 5.17. The first-order valence-corrected chi connectivity index (χ1v) is 11.7. The van der Waals surface area contributed by atoms with Crippen LogP contribution in [-0.4, -0.2) is 33.1 Å². The van der Waals surface area contributed by atoms with E-state index in [9.17, 15) is 4.79 Å². The van der Waals surface area contributed by atoms with Crippen LogP contribution < -0.4 is 0 Å². The van der Waals surface area contributed by atoms with E-state index in [0.717, 1.165) is 25.8 Å². The third kappa shape index (κ3) is 4.59. The van der Waals surface area contributed by atoms with Crippen LogP contribution in [0.5, 0.6) is 0 Å². The summed E-state index contributed by atoms with van der Waals surface area (Å²) >= 11 is 0. The van der Waals surface area contributed by atoms with Crippen LogP contribution in [0.25, 0.3) is 0 Å². The molecule has 2 aliphatic rings. The van der Waals surface area contributed by atoms with Gasteiger partial charge in [0.15, 0.2) is 0 Å². The summed E-state index contributed by atoms with van der Waals surface area (Å²) in [5, 5.41) is 0. The largest absolute Gasteiger partial charge is 0.452 e. The second-order valence-corrected chi connectivity index (χ2v) is 10.0. The van der Waals surface area contributed by atoms with Crippen LogP contribution in [0.3, 0.4) is 0 Å². The number of allylic oxidation sites excluding steroid dienone is 1. The molecule has 0 unspecified atom stereocenters. The maximum atomic E-state index is 12.6. The van der Waals surface area contributed by atoms with E-state index in [2.05, 4.69) is 66.7 Å². The molecule has 0 aromatic heterocycles. The number of rotatable bonds is 3. The highest BCUT2D eigenvalue weighted by Crippen LogP contribution is 2.74. The van der Waals surface area contributed by atoms with Crippen molar-refractivity contribution in [1.29, 1.82) is 0 Å². The van der Waals surface area contributed by atoms with Crippen LogP contribution in [-0.2, 0) is 4.74 Å². The third-order valence-corrected chi connectivity index (χ3v) is 9.26. The molecule has 1 amide bonds. The minimum atomic E-state index is -0.551. The van der Waals surface area contributed by atoms with E-state index >= 15 is 0 Å². The molecule has 3 nitrogen and oxygen atoms in total. The third-order valence-electron chi connectivity index (χ3n) is 5.85. The molecule has 0 saturated carbocycles. The maximum Gasteiger partial charge on any atom is 0.414 e. The fourth-order valence-corrected chi connectivity index (χ4v) is 8.26. The summed E-state index contributed by atoms with van der Waals surface area (Å²) in [5.74, 6) is 0. The first-order chi connectivity index (χ1) is 13.8. The zero-order chi connectivity index (χ0) is 19.3. The Morgan fingerprint density at radius 1 is 0.931 bits per heavy atom. The Morgan fingerprint density at radius 2 is 1.48 bits per heavy atom. The van der Waals surface area contributed by atoms with Gasteiger partial charge in [-0.2, -0.15) is 0 Å². The lowest BCUT2D eigenvalue weighted by molar-refractivity contribution is 0.138. The van der Waals surface area contributed by atoms with Crippen molar-refractivity contribution in [1.82, 2.24) is 4.90 Å². The molecular weight excluding hydrogens is 376 g/mol. The number of methoxy groups -OCH3 is 1. The predicted octanol–water partition coefficient (Wildman–Crippen LogP) is 6.46. The van der Waals surface area contributed by atoms with Gasteiger partial charge >= 0.3 is 6.09 Å². The van der Waals surface area contributed by atoms with Crippen molar-refractivity contribution >= 4 is 22.4 Å². The molecule has 1 fully saturated rings. The quantitative estimate of drug-likeness (QED) is 0.434. The van der Waals surface area contributed by atoms with Crippen molar-refractivity contribution in [2.75, 3.05) is 13.7 Å². The lowest BCUT2D eigenvalue weighted by Crippen LogP contribution is -2.30. The van der Waals surface area contributed by atoms with Crippen molar-refractivity contribution in [3.05, 3.63) is 83.3 Å². The Bertz CT molecular complexity index is 780. The summed E-state index contributed by atoms with van der Waals surface area (Å²) in [6.45, 7) is 0.764. The highest BCUT2D eigenvalue weighted by Gasteiger charge is 2.42. The lowest BCUT2D eigenvalue weighted by atomic mass is 10.0. The van der Waals surface area contributed by atoms with E-state index in [1.165, 1.54) is 36.5 Å². The van der Waals surface area contributed by atoms with E-state index in [4.69, 9.17) is 4.74 Å². The zero-order valence-corrected chi connectivity index (χ0v) is 17.9. The van der Waals surface area contributed by atoms with Crippen molar-refractivity contribution < 1.29 is 9.53 Å². The molecule has 29 heavy (non-hydrogen) atoms. The minimum absolute atomic E-state index is 0. The Kier molecular flexibility index (Phi) is 7.55. The van der Waals surface area contributed by atoms with Gasteiger partial charge in [-0.3, -0.25) is 4.90 Å². The topological polar surface area (TPSA) is 29.5 Å². The molecule has 5 heteroatoms. The van der Waals surface area contributed by atoms with Crippen LogP contribution >= 0.6 is 7.92 Å². The summed E-state index contributed by atoms with van der Waals surface area (Å²) in [6.07, 6.45) is 7.68. The number of benzene rings is 2. The summed E-state index contributed by atoms with van der Waals surface area (Å²) in [7, 11) is 0.945. The molecular formula is C24H28BNO2P. The van der Waals surface area contributed by atoms with Crippen molar-refractivity contribution in [2.24, 2.45) is 0 Å². The van der Waals surface area contributed by atoms with Gasteiger partial charge in [0.2, 0.25) is 0 Å². The summed E-state index contributed by atoms with van der Waals surface area (Å²) in [5.41, 5.74) is 5.01. The van der Waals surface area contributed by atoms with Gasteiger partial charge in [0.05, 0.1) is 7.11 Å². The normalized spacial score (nSPS) is 22.4. The first-order valence-electron chi connectivity index (χ1n) is 10.2. The molecule has 2 aromatic carbocycles. The van der Waals surface area contributed by atoms with Gasteiger partial charge in [-0.15, -0.1) is 0 Å². The molecule has 2 aromatic rings. The van der Waals surface area contributed by atoms with E-state index in [1.807, 2.05) is 4.90 Å². The summed E-state index contributed by atoms with van der Waals surface area (Å²) in [4.78, 5) is 14.6. The van der Waals surface area contributed by atoms with Crippen molar-refractivity contribution in [3.8, 4) is 0 Å². The number of ether oxygens (including phenoxy) is 1. The smallest absolute Gasteiger partial charge is 0.414 e. The lowest BCUT2D eigenvalue weighted by Gasteiger charge is -2.34. The summed E-state index contributed by atoms with van der Waals surface area (Å²) in [6, 6.07) is 21.7. The first kappa shape index (κ1) is 21.6. The molecule has 4 rings (SSSR count). The maximum absolute atomic E-state index is 12.6.